The molecule has 0 amide bonds. The number of anilines is 1. The van der Waals surface area contributed by atoms with E-state index in [1.165, 1.54) is 11.3 Å². The van der Waals surface area contributed by atoms with Gasteiger partial charge in [-0.15, -0.1) is 0 Å². The van der Waals surface area contributed by atoms with Gasteiger partial charge in [0.2, 0.25) is 0 Å². The zero-order valence-electron chi connectivity index (χ0n) is 11.3. The molecule has 0 fully saturated rings. The van der Waals surface area contributed by atoms with Crippen LogP contribution in [0.4, 0.5) is 5.69 Å². The average Bonchev–Trinajstić information content (AvgIpc) is 2.29. The molecule has 1 aromatic carbocycles. The molecule has 3 nitrogen and oxygen atoms in total. The lowest BCUT2D eigenvalue weighted by Crippen LogP contribution is -2.35. The van der Waals surface area contributed by atoms with Gasteiger partial charge in [0.1, 0.15) is 0 Å². The molecule has 17 heavy (non-hydrogen) atoms. The van der Waals surface area contributed by atoms with E-state index in [4.69, 9.17) is 10.5 Å². The lowest BCUT2D eigenvalue weighted by molar-refractivity contribution is 0.203. The predicted molar refractivity (Wildman–Crippen MR) is 73.4 cm³/mol. The van der Waals surface area contributed by atoms with E-state index in [1.54, 1.807) is 7.11 Å². The van der Waals surface area contributed by atoms with Gasteiger partial charge < -0.3 is 15.4 Å². The maximum atomic E-state index is 6.02. The van der Waals surface area contributed by atoms with Crippen LogP contribution in [-0.2, 0) is 4.74 Å². The molecule has 96 valence electrons. The normalized spacial score (nSPS) is 12.8. The van der Waals surface area contributed by atoms with E-state index in [9.17, 15) is 0 Å². The molecular formula is C14H24N2O. The van der Waals surface area contributed by atoms with E-state index in [2.05, 4.69) is 36.9 Å². The first-order chi connectivity index (χ1) is 8.07. The lowest BCUT2D eigenvalue weighted by atomic mass is 10.0. The molecule has 0 saturated heterocycles. The summed E-state index contributed by atoms with van der Waals surface area (Å²) in [7, 11) is 1.73. The Morgan fingerprint density at radius 1 is 1.24 bits per heavy atom. The van der Waals surface area contributed by atoms with Crippen LogP contribution in [0.5, 0.6) is 0 Å². The third-order valence-electron chi connectivity index (χ3n) is 2.90. The van der Waals surface area contributed by atoms with Gasteiger partial charge in [-0.1, -0.05) is 18.2 Å². The summed E-state index contributed by atoms with van der Waals surface area (Å²) in [5.41, 5.74) is 8.43. The molecule has 0 aliphatic rings. The second-order valence-electron chi connectivity index (χ2n) is 4.63. The summed E-state index contributed by atoms with van der Waals surface area (Å²) in [6, 6.07) is 8.82. The number of hydrogen-bond acceptors (Lipinski definition) is 3. The van der Waals surface area contributed by atoms with Crippen LogP contribution in [0.3, 0.4) is 0 Å². The van der Waals surface area contributed by atoms with Crippen LogP contribution in [0.2, 0.25) is 0 Å². The van der Waals surface area contributed by atoms with Gasteiger partial charge in [-0.05, 0) is 32.4 Å². The standard InChI is InChI=1S/C14H24N2O/c1-11(2)16(9-10-17-4)14-8-6-5-7-13(14)12(3)15/h5-8,11-12H,9-10,15H2,1-4H3/t12-/m0/s1. The Bertz CT molecular complexity index is 337. The monoisotopic (exact) mass is 236 g/mol. The second-order valence-corrected chi connectivity index (χ2v) is 4.63. The van der Waals surface area contributed by atoms with Crippen molar-refractivity contribution in [2.75, 3.05) is 25.2 Å². The molecule has 1 rings (SSSR count). The highest BCUT2D eigenvalue weighted by molar-refractivity contribution is 5.55. The summed E-state index contributed by atoms with van der Waals surface area (Å²) in [4.78, 5) is 2.34. The summed E-state index contributed by atoms with van der Waals surface area (Å²) >= 11 is 0. The SMILES string of the molecule is COCCN(c1ccccc1[C@H](C)N)C(C)C. The minimum Gasteiger partial charge on any atom is -0.383 e. The van der Waals surface area contributed by atoms with E-state index in [-0.39, 0.29) is 6.04 Å². The summed E-state index contributed by atoms with van der Waals surface area (Å²) in [6.45, 7) is 8.01. The summed E-state index contributed by atoms with van der Waals surface area (Å²) in [5, 5.41) is 0. The first kappa shape index (κ1) is 14.0. The van der Waals surface area contributed by atoms with Gasteiger partial charge in [0, 0.05) is 31.4 Å². The summed E-state index contributed by atoms with van der Waals surface area (Å²) in [5.74, 6) is 0. The molecular weight excluding hydrogens is 212 g/mol. The van der Waals surface area contributed by atoms with Crippen LogP contribution in [0.1, 0.15) is 32.4 Å². The molecule has 3 heteroatoms. The Hall–Kier alpha value is -1.06. The number of para-hydroxylation sites is 1. The third-order valence-corrected chi connectivity index (χ3v) is 2.90. The number of benzene rings is 1. The molecule has 0 aliphatic carbocycles. The quantitative estimate of drug-likeness (QED) is 0.825. The fourth-order valence-corrected chi connectivity index (χ4v) is 1.98. The molecule has 0 aromatic heterocycles. The van der Waals surface area contributed by atoms with Gasteiger partial charge in [-0.25, -0.2) is 0 Å². The number of nitrogens with zero attached hydrogens (tertiary/aromatic N) is 1. The van der Waals surface area contributed by atoms with E-state index >= 15 is 0 Å². The molecule has 0 unspecified atom stereocenters. The Morgan fingerprint density at radius 2 is 1.88 bits per heavy atom. The van der Waals surface area contributed by atoms with E-state index in [0.717, 1.165) is 13.2 Å². The number of hydrogen-bond donors (Lipinski definition) is 1. The number of methoxy groups -OCH3 is 1. The highest BCUT2D eigenvalue weighted by Crippen LogP contribution is 2.26. The van der Waals surface area contributed by atoms with Crippen molar-refractivity contribution in [1.82, 2.24) is 0 Å². The summed E-state index contributed by atoms with van der Waals surface area (Å²) in [6.07, 6.45) is 0. The average molecular weight is 236 g/mol. The molecule has 0 bridgehead atoms. The van der Waals surface area contributed by atoms with Crippen molar-refractivity contribution >= 4 is 5.69 Å². The summed E-state index contributed by atoms with van der Waals surface area (Å²) < 4.78 is 5.17. The minimum atomic E-state index is 0.0509. The van der Waals surface area contributed by atoms with Crippen molar-refractivity contribution in [3.05, 3.63) is 29.8 Å². The molecule has 0 radical (unpaired) electrons. The largest absolute Gasteiger partial charge is 0.383 e. The number of nitrogens with two attached hydrogens (primary N) is 1. The van der Waals surface area contributed by atoms with Crippen LogP contribution >= 0.6 is 0 Å². The van der Waals surface area contributed by atoms with Gasteiger partial charge >= 0.3 is 0 Å². The molecule has 0 saturated carbocycles. The van der Waals surface area contributed by atoms with Crippen LogP contribution in [0.25, 0.3) is 0 Å². The van der Waals surface area contributed by atoms with Gasteiger partial charge in [-0.3, -0.25) is 0 Å². The molecule has 0 spiro atoms. The highest BCUT2D eigenvalue weighted by Gasteiger charge is 2.15. The van der Waals surface area contributed by atoms with E-state index < -0.39 is 0 Å². The van der Waals surface area contributed by atoms with Crippen molar-refractivity contribution < 1.29 is 4.74 Å². The fraction of sp³-hybridized carbons (Fsp3) is 0.571. The zero-order valence-corrected chi connectivity index (χ0v) is 11.3. The first-order valence-corrected chi connectivity index (χ1v) is 6.18. The molecule has 1 atom stereocenters. The topological polar surface area (TPSA) is 38.5 Å². The maximum absolute atomic E-state index is 6.02. The Kier molecular flexibility index (Phi) is 5.45. The number of rotatable bonds is 6. The smallest absolute Gasteiger partial charge is 0.0637 e. The van der Waals surface area contributed by atoms with Gasteiger partial charge in [-0.2, -0.15) is 0 Å². The molecule has 1 aromatic rings. The van der Waals surface area contributed by atoms with Crippen molar-refractivity contribution in [1.29, 1.82) is 0 Å². The first-order valence-electron chi connectivity index (χ1n) is 6.18. The third kappa shape index (κ3) is 3.72. The van der Waals surface area contributed by atoms with Gasteiger partial charge in [0.15, 0.2) is 0 Å². The molecule has 0 heterocycles. The Balaban J connectivity index is 3.00. The van der Waals surface area contributed by atoms with Crippen molar-refractivity contribution in [2.45, 2.75) is 32.9 Å². The highest BCUT2D eigenvalue weighted by atomic mass is 16.5. The van der Waals surface area contributed by atoms with Crippen LogP contribution in [0, 0.1) is 0 Å². The van der Waals surface area contributed by atoms with Crippen LogP contribution in [0.15, 0.2) is 24.3 Å². The van der Waals surface area contributed by atoms with Gasteiger partial charge in [0.05, 0.1) is 6.61 Å². The van der Waals surface area contributed by atoms with E-state index in [0.29, 0.717) is 6.04 Å². The van der Waals surface area contributed by atoms with Gasteiger partial charge in [0.25, 0.3) is 0 Å². The predicted octanol–water partition coefficient (Wildman–Crippen LogP) is 2.57. The second kappa shape index (κ2) is 6.62. The van der Waals surface area contributed by atoms with Crippen LogP contribution in [-0.4, -0.2) is 26.3 Å². The lowest BCUT2D eigenvalue weighted by Gasteiger charge is -2.31. The Labute approximate surface area is 105 Å². The van der Waals surface area contributed by atoms with Crippen LogP contribution < -0.4 is 10.6 Å². The van der Waals surface area contributed by atoms with Crippen molar-refractivity contribution in [3.63, 3.8) is 0 Å². The molecule has 2 N–H and O–H groups in total. The minimum absolute atomic E-state index is 0.0509. The zero-order chi connectivity index (χ0) is 12.8. The fourth-order valence-electron chi connectivity index (χ4n) is 1.98. The van der Waals surface area contributed by atoms with E-state index in [1.807, 2.05) is 13.0 Å². The van der Waals surface area contributed by atoms with Crippen molar-refractivity contribution in [3.8, 4) is 0 Å². The van der Waals surface area contributed by atoms with Crippen molar-refractivity contribution in [2.24, 2.45) is 5.73 Å². The Morgan fingerprint density at radius 3 is 2.41 bits per heavy atom. The maximum Gasteiger partial charge on any atom is 0.0637 e. The number of ether oxygens (including phenoxy) is 1. The molecule has 0 aliphatic heterocycles.